The Morgan fingerprint density at radius 2 is 1.94 bits per heavy atom. The van der Waals surface area contributed by atoms with E-state index in [2.05, 4.69) is 49.5 Å². The zero-order chi connectivity index (χ0) is 12.0. The molecule has 0 saturated carbocycles. The maximum Gasteiger partial charge on any atom is 0.0594 e. The first-order valence-corrected chi connectivity index (χ1v) is 5.78. The summed E-state index contributed by atoms with van der Waals surface area (Å²) in [5.74, 6) is 0. The first kappa shape index (κ1) is 13.1. The Morgan fingerprint density at radius 3 is 2.44 bits per heavy atom. The average molecular weight is 222 g/mol. The molecule has 0 N–H and O–H groups in total. The van der Waals surface area contributed by atoms with Gasteiger partial charge in [-0.2, -0.15) is 0 Å². The van der Waals surface area contributed by atoms with E-state index in [0.717, 1.165) is 32.0 Å². The molecule has 0 aromatic carbocycles. The lowest BCUT2D eigenvalue weighted by Crippen LogP contribution is -2.42. The maximum atomic E-state index is 5.34. The van der Waals surface area contributed by atoms with Crippen LogP contribution in [0.15, 0.2) is 28.4 Å². The molecule has 0 amide bonds. The van der Waals surface area contributed by atoms with E-state index < -0.39 is 0 Å². The van der Waals surface area contributed by atoms with Crippen molar-refractivity contribution in [3.8, 4) is 0 Å². The van der Waals surface area contributed by atoms with Crippen LogP contribution in [0.25, 0.3) is 0 Å². The summed E-state index contributed by atoms with van der Waals surface area (Å²) in [5.41, 5.74) is 2.30. The highest BCUT2D eigenvalue weighted by Crippen LogP contribution is 2.13. The summed E-state index contributed by atoms with van der Waals surface area (Å²) in [6.07, 6.45) is 4.14. The van der Waals surface area contributed by atoms with Gasteiger partial charge in [-0.25, -0.2) is 0 Å². The Labute approximate surface area is 98.5 Å². The van der Waals surface area contributed by atoms with E-state index >= 15 is 0 Å². The van der Waals surface area contributed by atoms with E-state index in [9.17, 15) is 0 Å². The van der Waals surface area contributed by atoms with Crippen LogP contribution in [0, 0.1) is 0 Å². The Kier molecular flexibility index (Phi) is 5.43. The summed E-state index contributed by atoms with van der Waals surface area (Å²) in [4.78, 5) is 6.50. The molecule has 1 aliphatic rings. The molecule has 3 heteroatoms. The van der Waals surface area contributed by atoms with Gasteiger partial charge in [-0.1, -0.05) is 11.6 Å². The van der Waals surface area contributed by atoms with Crippen LogP contribution < -0.4 is 0 Å². The third kappa shape index (κ3) is 3.91. The molecule has 0 radical (unpaired) electrons. The molecule has 90 valence electrons. The average Bonchev–Trinajstić information content (AvgIpc) is 2.30. The van der Waals surface area contributed by atoms with Crippen molar-refractivity contribution in [3.63, 3.8) is 0 Å². The molecule has 1 atom stereocenters. The minimum atomic E-state index is 0.317. The molecule has 16 heavy (non-hydrogen) atoms. The lowest BCUT2D eigenvalue weighted by atomic mass is 10.1. The smallest absolute Gasteiger partial charge is 0.0594 e. The highest BCUT2D eigenvalue weighted by atomic mass is 16.5. The molecule has 0 spiro atoms. The highest BCUT2D eigenvalue weighted by Gasteiger charge is 2.19. The van der Waals surface area contributed by atoms with Gasteiger partial charge in [-0.3, -0.25) is 9.89 Å². The summed E-state index contributed by atoms with van der Waals surface area (Å²) in [5, 5.41) is 0. The fourth-order valence-corrected chi connectivity index (χ4v) is 1.73. The van der Waals surface area contributed by atoms with Crippen LogP contribution >= 0.6 is 0 Å². The molecule has 1 rings (SSSR count). The highest BCUT2D eigenvalue weighted by molar-refractivity contribution is 5.32. The van der Waals surface area contributed by atoms with Crippen LogP contribution in [-0.2, 0) is 4.74 Å². The number of hydrogen-bond donors (Lipinski definition) is 0. The number of allylic oxidation sites excluding steroid dienone is 3. The maximum absolute atomic E-state index is 5.34. The van der Waals surface area contributed by atoms with Gasteiger partial charge in [-0.05, 0) is 33.6 Å². The molecular formula is C13H22N2O. The Bertz CT molecular complexity index is 284. The molecule has 1 unspecified atom stereocenters. The van der Waals surface area contributed by atoms with Crippen molar-refractivity contribution in [2.45, 2.75) is 26.8 Å². The second-order valence-corrected chi connectivity index (χ2v) is 4.32. The molecular weight excluding hydrogens is 200 g/mol. The third-order valence-electron chi connectivity index (χ3n) is 2.79. The van der Waals surface area contributed by atoms with Crippen LogP contribution in [-0.4, -0.2) is 44.0 Å². The normalized spacial score (nSPS) is 20.3. The Hall–Kier alpha value is -0.930. The van der Waals surface area contributed by atoms with Crippen molar-refractivity contribution < 1.29 is 4.74 Å². The second kappa shape index (κ2) is 6.61. The third-order valence-corrected chi connectivity index (χ3v) is 2.79. The van der Waals surface area contributed by atoms with Gasteiger partial charge in [-0.15, -0.1) is 0 Å². The monoisotopic (exact) mass is 222 g/mol. The van der Waals surface area contributed by atoms with Gasteiger partial charge in [0.05, 0.1) is 18.9 Å². The van der Waals surface area contributed by atoms with Gasteiger partial charge < -0.3 is 4.74 Å². The number of aliphatic imine (C=N–C) groups is 1. The lowest BCUT2D eigenvalue weighted by Gasteiger charge is -2.32. The van der Waals surface area contributed by atoms with Crippen LogP contribution in [0.5, 0.6) is 0 Å². The molecule has 0 aliphatic carbocycles. The molecule has 0 aromatic heterocycles. The number of ether oxygens (including phenoxy) is 1. The quantitative estimate of drug-likeness (QED) is 0.538. The van der Waals surface area contributed by atoms with Gasteiger partial charge in [0, 0.05) is 19.1 Å². The number of hydrogen-bond acceptors (Lipinski definition) is 3. The van der Waals surface area contributed by atoms with Gasteiger partial charge in [0.25, 0.3) is 0 Å². The lowest BCUT2D eigenvalue weighted by molar-refractivity contribution is 0.0266. The van der Waals surface area contributed by atoms with Crippen LogP contribution in [0.2, 0.25) is 0 Å². The first-order chi connectivity index (χ1) is 7.65. The molecule has 1 saturated heterocycles. The molecule has 1 aliphatic heterocycles. The molecule has 0 aromatic rings. The number of rotatable bonds is 4. The van der Waals surface area contributed by atoms with Crippen molar-refractivity contribution in [3.05, 3.63) is 23.4 Å². The first-order valence-electron chi connectivity index (χ1n) is 5.78. The molecule has 0 bridgehead atoms. The predicted octanol–water partition coefficient (Wildman–Crippen LogP) is 2.26. The van der Waals surface area contributed by atoms with Crippen LogP contribution in [0.3, 0.4) is 0 Å². The molecule has 3 nitrogen and oxygen atoms in total. The van der Waals surface area contributed by atoms with Crippen molar-refractivity contribution in [2.75, 3.05) is 26.3 Å². The van der Waals surface area contributed by atoms with Gasteiger partial charge >= 0.3 is 0 Å². The van der Waals surface area contributed by atoms with E-state index in [-0.39, 0.29) is 0 Å². The van der Waals surface area contributed by atoms with Crippen molar-refractivity contribution in [2.24, 2.45) is 4.99 Å². The summed E-state index contributed by atoms with van der Waals surface area (Å²) >= 11 is 0. The van der Waals surface area contributed by atoms with Crippen molar-refractivity contribution in [1.29, 1.82) is 0 Å². The predicted molar refractivity (Wildman–Crippen MR) is 68.9 cm³/mol. The minimum absolute atomic E-state index is 0.317. The van der Waals surface area contributed by atoms with Gasteiger partial charge in [0.15, 0.2) is 0 Å². The largest absolute Gasteiger partial charge is 0.379 e. The van der Waals surface area contributed by atoms with Crippen molar-refractivity contribution in [1.82, 2.24) is 4.90 Å². The topological polar surface area (TPSA) is 24.8 Å². The van der Waals surface area contributed by atoms with E-state index in [1.165, 1.54) is 5.57 Å². The summed E-state index contributed by atoms with van der Waals surface area (Å²) < 4.78 is 5.34. The zero-order valence-corrected chi connectivity index (χ0v) is 10.6. The molecule has 1 heterocycles. The van der Waals surface area contributed by atoms with Crippen LogP contribution in [0.1, 0.15) is 20.8 Å². The summed E-state index contributed by atoms with van der Waals surface area (Å²) in [6.45, 7) is 13.6. The second-order valence-electron chi connectivity index (χ2n) is 4.32. The standard InChI is InChI=1S/C13H22N2O/c1-11(2)5-6-13(14-4)12(3)15-7-9-16-10-8-15/h5-6,12H,4,7-10H2,1-3H3/b13-6-. The summed E-state index contributed by atoms with van der Waals surface area (Å²) in [6, 6.07) is 0.317. The Morgan fingerprint density at radius 1 is 1.31 bits per heavy atom. The van der Waals surface area contributed by atoms with E-state index in [0.29, 0.717) is 6.04 Å². The Balaban J connectivity index is 2.67. The SMILES string of the molecule is C=N/C(=C\C=C(C)C)C(C)N1CCOCC1. The molecule has 1 fully saturated rings. The number of nitrogens with zero attached hydrogens (tertiary/aromatic N) is 2. The van der Waals surface area contributed by atoms with Crippen molar-refractivity contribution >= 4 is 6.72 Å². The van der Waals surface area contributed by atoms with E-state index in [1.807, 2.05) is 0 Å². The van der Waals surface area contributed by atoms with E-state index in [4.69, 9.17) is 4.74 Å². The van der Waals surface area contributed by atoms with E-state index in [1.54, 1.807) is 0 Å². The fraction of sp³-hybridized carbons (Fsp3) is 0.615. The number of morpholine rings is 1. The van der Waals surface area contributed by atoms with Gasteiger partial charge in [0.1, 0.15) is 0 Å². The van der Waals surface area contributed by atoms with Crippen LogP contribution in [0.4, 0.5) is 0 Å². The zero-order valence-electron chi connectivity index (χ0n) is 10.6. The van der Waals surface area contributed by atoms with Gasteiger partial charge in [0.2, 0.25) is 0 Å². The summed E-state index contributed by atoms with van der Waals surface area (Å²) in [7, 11) is 0. The fourth-order valence-electron chi connectivity index (χ4n) is 1.73. The minimum Gasteiger partial charge on any atom is -0.379 e.